The largest absolute Gasteiger partial charge is 0.415 e. The SMILES string of the molecule is Cc1ccc(C(N=C=O)C(F)(F)F)cc1. The van der Waals surface area contributed by atoms with Gasteiger partial charge in [0.25, 0.3) is 0 Å². The van der Waals surface area contributed by atoms with Crippen LogP contribution in [-0.4, -0.2) is 12.3 Å². The summed E-state index contributed by atoms with van der Waals surface area (Å²) in [6, 6.07) is 3.56. The lowest BCUT2D eigenvalue weighted by Crippen LogP contribution is -2.18. The van der Waals surface area contributed by atoms with Gasteiger partial charge in [-0.1, -0.05) is 29.8 Å². The molecule has 0 saturated heterocycles. The molecule has 0 aliphatic heterocycles. The lowest BCUT2D eigenvalue weighted by molar-refractivity contribution is -0.148. The first-order valence-corrected chi connectivity index (χ1v) is 4.15. The Labute approximate surface area is 84.4 Å². The van der Waals surface area contributed by atoms with Crippen LogP contribution in [-0.2, 0) is 4.79 Å². The van der Waals surface area contributed by atoms with Gasteiger partial charge < -0.3 is 0 Å². The summed E-state index contributed by atoms with van der Waals surface area (Å²) in [5.74, 6) is 0. The molecule has 0 saturated carbocycles. The molecule has 1 aromatic rings. The molecule has 0 aliphatic carbocycles. The van der Waals surface area contributed by atoms with Crippen molar-refractivity contribution in [1.82, 2.24) is 0 Å². The number of isocyanates is 1. The van der Waals surface area contributed by atoms with E-state index in [1.54, 1.807) is 6.92 Å². The van der Waals surface area contributed by atoms with Crippen molar-refractivity contribution < 1.29 is 18.0 Å². The van der Waals surface area contributed by atoms with Gasteiger partial charge in [-0.3, -0.25) is 0 Å². The van der Waals surface area contributed by atoms with Gasteiger partial charge in [-0.25, -0.2) is 4.79 Å². The first-order valence-electron chi connectivity index (χ1n) is 4.15. The molecule has 0 amide bonds. The maximum absolute atomic E-state index is 12.4. The fourth-order valence-corrected chi connectivity index (χ4v) is 1.14. The number of aliphatic imine (C=N–C) groups is 1. The summed E-state index contributed by atoms with van der Waals surface area (Å²) in [7, 11) is 0. The Morgan fingerprint density at radius 3 is 2.20 bits per heavy atom. The number of halogens is 3. The van der Waals surface area contributed by atoms with Gasteiger partial charge in [0, 0.05) is 0 Å². The summed E-state index contributed by atoms with van der Waals surface area (Å²) < 4.78 is 37.3. The van der Waals surface area contributed by atoms with Crippen LogP contribution in [0.1, 0.15) is 17.2 Å². The molecular formula is C10H8F3NO. The molecule has 1 atom stereocenters. The van der Waals surface area contributed by atoms with Crippen molar-refractivity contribution in [3.8, 4) is 0 Å². The summed E-state index contributed by atoms with van der Waals surface area (Å²) in [5.41, 5.74) is 0.784. The Balaban J connectivity index is 3.10. The predicted molar refractivity (Wildman–Crippen MR) is 48.1 cm³/mol. The highest BCUT2D eigenvalue weighted by molar-refractivity contribution is 5.36. The van der Waals surface area contributed by atoms with Crippen molar-refractivity contribution in [1.29, 1.82) is 0 Å². The van der Waals surface area contributed by atoms with Gasteiger partial charge in [0.05, 0.1) is 0 Å². The van der Waals surface area contributed by atoms with Crippen LogP contribution in [0.4, 0.5) is 13.2 Å². The number of hydrogen-bond acceptors (Lipinski definition) is 2. The van der Waals surface area contributed by atoms with Crippen LogP contribution < -0.4 is 0 Å². The molecule has 0 N–H and O–H groups in total. The number of rotatable bonds is 2. The zero-order valence-electron chi connectivity index (χ0n) is 7.88. The normalized spacial score (nSPS) is 13.1. The first-order chi connectivity index (χ1) is 6.95. The number of hydrogen-bond donors (Lipinski definition) is 0. The Morgan fingerprint density at radius 1 is 1.27 bits per heavy atom. The molecule has 0 spiro atoms. The minimum atomic E-state index is -4.56. The number of carbonyl (C=O) groups excluding carboxylic acids is 1. The van der Waals surface area contributed by atoms with Crippen molar-refractivity contribution in [2.45, 2.75) is 19.1 Å². The van der Waals surface area contributed by atoms with E-state index >= 15 is 0 Å². The van der Waals surface area contributed by atoms with Crippen LogP contribution in [0.2, 0.25) is 0 Å². The molecule has 0 fully saturated rings. The molecule has 0 aliphatic rings. The Kier molecular flexibility index (Phi) is 3.27. The highest BCUT2D eigenvalue weighted by Crippen LogP contribution is 2.35. The van der Waals surface area contributed by atoms with Gasteiger partial charge >= 0.3 is 6.18 Å². The average Bonchev–Trinajstić information content (AvgIpc) is 2.14. The second-order valence-electron chi connectivity index (χ2n) is 3.08. The van der Waals surface area contributed by atoms with Crippen LogP contribution in [0, 0.1) is 6.92 Å². The monoisotopic (exact) mass is 215 g/mol. The molecule has 1 rings (SSSR count). The van der Waals surface area contributed by atoms with Crippen LogP contribution >= 0.6 is 0 Å². The topological polar surface area (TPSA) is 29.4 Å². The highest BCUT2D eigenvalue weighted by atomic mass is 19.4. The van der Waals surface area contributed by atoms with E-state index in [1.165, 1.54) is 24.3 Å². The van der Waals surface area contributed by atoms with Crippen molar-refractivity contribution in [3.05, 3.63) is 35.4 Å². The van der Waals surface area contributed by atoms with Crippen molar-refractivity contribution in [3.63, 3.8) is 0 Å². The fraction of sp³-hybridized carbons (Fsp3) is 0.300. The van der Waals surface area contributed by atoms with Gasteiger partial charge in [-0.15, -0.1) is 0 Å². The Hall–Kier alpha value is -1.61. The number of nitrogens with zero attached hydrogens (tertiary/aromatic N) is 1. The van der Waals surface area contributed by atoms with Crippen molar-refractivity contribution >= 4 is 6.08 Å². The summed E-state index contributed by atoms with van der Waals surface area (Å²) in [6.45, 7) is 1.76. The van der Waals surface area contributed by atoms with Gasteiger partial charge in [0.2, 0.25) is 6.08 Å². The third-order valence-electron chi connectivity index (χ3n) is 1.88. The minimum Gasteiger partial charge on any atom is -0.211 e. The van der Waals surface area contributed by atoms with E-state index in [-0.39, 0.29) is 5.56 Å². The molecular weight excluding hydrogens is 207 g/mol. The molecule has 1 unspecified atom stereocenters. The predicted octanol–water partition coefficient (Wildman–Crippen LogP) is 2.93. The lowest BCUT2D eigenvalue weighted by Gasteiger charge is -2.14. The molecule has 1 aromatic carbocycles. The van der Waals surface area contributed by atoms with E-state index in [0.29, 0.717) is 0 Å². The van der Waals surface area contributed by atoms with Crippen LogP contribution in [0.5, 0.6) is 0 Å². The smallest absolute Gasteiger partial charge is 0.211 e. The number of aryl methyl sites for hydroxylation is 1. The number of alkyl halides is 3. The molecule has 15 heavy (non-hydrogen) atoms. The van der Waals surface area contributed by atoms with Gasteiger partial charge in [-0.05, 0) is 12.5 Å². The van der Waals surface area contributed by atoms with Gasteiger partial charge in [-0.2, -0.15) is 18.2 Å². The van der Waals surface area contributed by atoms with E-state index < -0.39 is 12.2 Å². The van der Waals surface area contributed by atoms with Crippen molar-refractivity contribution in [2.75, 3.05) is 0 Å². The van der Waals surface area contributed by atoms with Gasteiger partial charge in [0.1, 0.15) is 0 Å². The lowest BCUT2D eigenvalue weighted by atomic mass is 10.1. The molecule has 0 aromatic heterocycles. The second kappa shape index (κ2) is 4.28. The molecule has 0 bridgehead atoms. The summed E-state index contributed by atoms with van der Waals surface area (Å²) in [4.78, 5) is 12.7. The zero-order chi connectivity index (χ0) is 11.5. The third-order valence-corrected chi connectivity index (χ3v) is 1.88. The standard InChI is InChI=1S/C10H8F3NO/c1-7-2-4-8(5-3-7)9(14-6-15)10(11,12)13/h2-5,9H,1H3. The average molecular weight is 215 g/mol. The summed E-state index contributed by atoms with van der Waals surface area (Å²) >= 11 is 0. The molecule has 2 nitrogen and oxygen atoms in total. The maximum atomic E-state index is 12.4. The van der Waals surface area contributed by atoms with Crippen LogP contribution in [0.3, 0.4) is 0 Å². The van der Waals surface area contributed by atoms with Gasteiger partial charge in [0.15, 0.2) is 6.04 Å². The maximum Gasteiger partial charge on any atom is 0.415 e. The van der Waals surface area contributed by atoms with E-state index in [0.717, 1.165) is 11.6 Å². The Bertz CT molecular complexity index is 377. The molecule has 80 valence electrons. The number of benzene rings is 1. The minimum absolute atomic E-state index is 0.0588. The van der Waals surface area contributed by atoms with E-state index in [1.807, 2.05) is 0 Å². The molecule has 5 heteroatoms. The van der Waals surface area contributed by atoms with Crippen LogP contribution in [0.25, 0.3) is 0 Å². The van der Waals surface area contributed by atoms with Crippen LogP contribution in [0.15, 0.2) is 29.3 Å². The molecule has 0 heterocycles. The first kappa shape index (κ1) is 11.5. The van der Waals surface area contributed by atoms with E-state index in [2.05, 4.69) is 4.99 Å². The summed E-state index contributed by atoms with van der Waals surface area (Å²) in [5, 5.41) is 0. The Morgan fingerprint density at radius 2 is 1.80 bits per heavy atom. The zero-order valence-corrected chi connectivity index (χ0v) is 7.88. The quantitative estimate of drug-likeness (QED) is 0.550. The molecule has 0 radical (unpaired) electrons. The van der Waals surface area contributed by atoms with E-state index in [4.69, 9.17) is 0 Å². The fourth-order valence-electron chi connectivity index (χ4n) is 1.14. The van der Waals surface area contributed by atoms with E-state index in [9.17, 15) is 18.0 Å². The summed E-state index contributed by atoms with van der Waals surface area (Å²) in [6.07, 6.45) is -3.62. The van der Waals surface area contributed by atoms with Crippen molar-refractivity contribution in [2.24, 2.45) is 4.99 Å². The second-order valence-corrected chi connectivity index (χ2v) is 3.08. The third kappa shape index (κ3) is 2.92. The highest BCUT2D eigenvalue weighted by Gasteiger charge is 2.40.